The van der Waals surface area contributed by atoms with E-state index in [2.05, 4.69) is 22.0 Å². The van der Waals surface area contributed by atoms with E-state index in [9.17, 15) is 4.79 Å². The SMILES string of the molecule is CCN1CCN(C(=O)c2cc(-c3ccccc3Cl)n[nH]2)CC1. The van der Waals surface area contributed by atoms with Crippen LogP contribution in [0.1, 0.15) is 17.4 Å². The molecule has 3 rings (SSSR count). The molecule has 0 bridgehead atoms. The second kappa shape index (κ2) is 6.50. The van der Waals surface area contributed by atoms with Crippen LogP contribution in [0.3, 0.4) is 0 Å². The molecule has 5 nitrogen and oxygen atoms in total. The molecular weight excluding hydrogens is 300 g/mol. The minimum absolute atomic E-state index is 0.00144. The molecule has 1 saturated heterocycles. The fourth-order valence-electron chi connectivity index (χ4n) is 2.68. The molecule has 22 heavy (non-hydrogen) atoms. The van der Waals surface area contributed by atoms with E-state index in [0.717, 1.165) is 38.3 Å². The molecule has 116 valence electrons. The van der Waals surface area contributed by atoms with Gasteiger partial charge in [0.2, 0.25) is 0 Å². The van der Waals surface area contributed by atoms with E-state index in [4.69, 9.17) is 11.6 Å². The number of nitrogens with zero attached hydrogens (tertiary/aromatic N) is 3. The minimum Gasteiger partial charge on any atom is -0.335 e. The molecular formula is C16H19ClN4O. The Morgan fingerprint density at radius 1 is 1.27 bits per heavy atom. The van der Waals surface area contributed by atoms with Gasteiger partial charge in [-0.3, -0.25) is 9.89 Å². The summed E-state index contributed by atoms with van der Waals surface area (Å²) in [6.07, 6.45) is 0. The summed E-state index contributed by atoms with van der Waals surface area (Å²) in [4.78, 5) is 16.7. The van der Waals surface area contributed by atoms with Crippen molar-refractivity contribution < 1.29 is 4.79 Å². The number of hydrogen-bond donors (Lipinski definition) is 1. The van der Waals surface area contributed by atoms with Crippen molar-refractivity contribution in [1.82, 2.24) is 20.0 Å². The Morgan fingerprint density at radius 3 is 2.68 bits per heavy atom. The molecule has 1 amide bonds. The lowest BCUT2D eigenvalue weighted by Gasteiger charge is -2.33. The Bertz CT molecular complexity index is 662. The number of carbonyl (C=O) groups excluding carboxylic acids is 1. The van der Waals surface area contributed by atoms with E-state index in [1.807, 2.05) is 29.2 Å². The highest BCUT2D eigenvalue weighted by Gasteiger charge is 2.23. The quantitative estimate of drug-likeness (QED) is 0.946. The number of halogens is 1. The van der Waals surface area contributed by atoms with Crippen LogP contribution >= 0.6 is 11.6 Å². The van der Waals surface area contributed by atoms with Gasteiger partial charge in [0.25, 0.3) is 5.91 Å². The smallest absolute Gasteiger partial charge is 0.271 e. The summed E-state index contributed by atoms with van der Waals surface area (Å²) in [6.45, 7) is 6.53. The van der Waals surface area contributed by atoms with Crippen LogP contribution < -0.4 is 0 Å². The molecule has 0 radical (unpaired) electrons. The van der Waals surface area contributed by atoms with Gasteiger partial charge < -0.3 is 9.80 Å². The number of rotatable bonds is 3. The number of benzene rings is 1. The van der Waals surface area contributed by atoms with Gasteiger partial charge in [0.15, 0.2) is 0 Å². The molecule has 2 heterocycles. The predicted molar refractivity (Wildman–Crippen MR) is 87.1 cm³/mol. The van der Waals surface area contributed by atoms with Crippen LogP contribution in [0.2, 0.25) is 5.02 Å². The molecule has 2 aromatic rings. The van der Waals surface area contributed by atoms with E-state index in [1.54, 1.807) is 6.07 Å². The average Bonchev–Trinajstić information content (AvgIpc) is 3.04. The maximum absolute atomic E-state index is 12.5. The summed E-state index contributed by atoms with van der Waals surface area (Å²) in [5.74, 6) is 0.00144. The fourth-order valence-corrected chi connectivity index (χ4v) is 2.91. The number of hydrogen-bond acceptors (Lipinski definition) is 3. The van der Waals surface area contributed by atoms with Crippen molar-refractivity contribution in [2.24, 2.45) is 0 Å². The zero-order valence-corrected chi connectivity index (χ0v) is 13.3. The molecule has 1 aromatic carbocycles. The zero-order chi connectivity index (χ0) is 15.5. The highest BCUT2D eigenvalue weighted by Crippen LogP contribution is 2.26. The van der Waals surface area contributed by atoms with Gasteiger partial charge in [0, 0.05) is 31.7 Å². The van der Waals surface area contributed by atoms with Gasteiger partial charge in [-0.25, -0.2) is 0 Å². The summed E-state index contributed by atoms with van der Waals surface area (Å²) < 4.78 is 0. The van der Waals surface area contributed by atoms with Crippen LogP contribution in [-0.4, -0.2) is 58.6 Å². The standard InChI is InChI=1S/C16H19ClN4O/c1-2-20-7-9-21(10-8-20)16(22)15-11-14(18-19-15)12-5-3-4-6-13(12)17/h3-6,11H,2,7-10H2,1H3,(H,18,19). The Labute approximate surface area is 134 Å². The van der Waals surface area contributed by atoms with Crippen molar-refractivity contribution in [2.75, 3.05) is 32.7 Å². The highest BCUT2D eigenvalue weighted by molar-refractivity contribution is 6.33. The fraction of sp³-hybridized carbons (Fsp3) is 0.375. The van der Waals surface area contributed by atoms with E-state index in [0.29, 0.717) is 16.4 Å². The van der Waals surface area contributed by atoms with E-state index in [1.165, 1.54) is 0 Å². The first-order valence-electron chi connectivity index (χ1n) is 7.51. The van der Waals surface area contributed by atoms with Gasteiger partial charge in [-0.2, -0.15) is 5.10 Å². The minimum atomic E-state index is 0.00144. The number of H-pyrrole nitrogens is 1. The summed E-state index contributed by atoms with van der Waals surface area (Å²) in [6, 6.07) is 9.26. The van der Waals surface area contributed by atoms with Crippen LogP contribution in [0.4, 0.5) is 0 Å². The molecule has 1 aromatic heterocycles. The summed E-state index contributed by atoms with van der Waals surface area (Å²) in [5, 5.41) is 7.70. The second-order valence-corrected chi connectivity index (χ2v) is 5.78. The van der Waals surface area contributed by atoms with Crippen molar-refractivity contribution in [1.29, 1.82) is 0 Å². The first kappa shape index (κ1) is 15.1. The first-order valence-corrected chi connectivity index (χ1v) is 7.88. The zero-order valence-electron chi connectivity index (χ0n) is 12.6. The summed E-state index contributed by atoms with van der Waals surface area (Å²) in [7, 11) is 0. The number of likely N-dealkylation sites (N-methyl/N-ethyl adjacent to an activating group) is 1. The summed E-state index contributed by atoms with van der Waals surface area (Å²) >= 11 is 6.17. The average molecular weight is 319 g/mol. The third-order valence-corrected chi connectivity index (χ3v) is 4.39. The highest BCUT2D eigenvalue weighted by atomic mass is 35.5. The van der Waals surface area contributed by atoms with Gasteiger partial charge in [-0.1, -0.05) is 36.7 Å². The lowest BCUT2D eigenvalue weighted by Crippen LogP contribution is -2.48. The first-order chi connectivity index (χ1) is 10.7. The molecule has 0 aliphatic carbocycles. The topological polar surface area (TPSA) is 52.2 Å². The number of aromatic amines is 1. The van der Waals surface area contributed by atoms with Crippen molar-refractivity contribution in [3.8, 4) is 11.3 Å². The molecule has 1 aliphatic rings. The number of aromatic nitrogens is 2. The Kier molecular flexibility index (Phi) is 4.45. The van der Waals surface area contributed by atoms with Gasteiger partial charge in [-0.05, 0) is 18.7 Å². The van der Waals surface area contributed by atoms with Gasteiger partial charge in [-0.15, -0.1) is 0 Å². The van der Waals surface area contributed by atoms with Crippen LogP contribution in [-0.2, 0) is 0 Å². The normalized spacial score (nSPS) is 16.0. The number of carbonyl (C=O) groups is 1. The van der Waals surface area contributed by atoms with Crippen molar-refractivity contribution in [3.05, 3.63) is 41.0 Å². The lowest BCUT2D eigenvalue weighted by atomic mass is 10.1. The maximum atomic E-state index is 12.5. The van der Waals surface area contributed by atoms with Gasteiger partial charge >= 0.3 is 0 Å². The molecule has 6 heteroatoms. The largest absolute Gasteiger partial charge is 0.335 e. The molecule has 1 N–H and O–H groups in total. The third kappa shape index (κ3) is 3.00. The van der Waals surface area contributed by atoms with Crippen molar-refractivity contribution in [3.63, 3.8) is 0 Å². The molecule has 0 saturated carbocycles. The Balaban J connectivity index is 1.74. The third-order valence-electron chi connectivity index (χ3n) is 4.06. The lowest BCUT2D eigenvalue weighted by molar-refractivity contribution is 0.0637. The van der Waals surface area contributed by atoms with Gasteiger partial charge in [0.1, 0.15) is 5.69 Å². The van der Waals surface area contributed by atoms with E-state index in [-0.39, 0.29) is 5.91 Å². The molecule has 0 unspecified atom stereocenters. The van der Waals surface area contributed by atoms with Crippen molar-refractivity contribution in [2.45, 2.75) is 6.92 Å². The number of nitrogens with one attached hydrogen (secondary N) is 1. The van der Waals surface area contributed by atoms with Gasteiger partial charge in [0.05, 0.1) is 10.7 Å². The maximum Gasteiger partial charge on any atom is 0.271 e. The molecule has 0 spiro atoms. The van der Waals surface area contributed by atoms with Crippen LogP contribution in [0.15, 0.2) is 30.3 Å². The molecule has 1 fully saturated rings. The monoisotopic (exact) mass is 318 g/mol. The summed E-state index contributed by atoms with van der Waals surface area (Å²) in [5.41, 5.74) is 2.04. The van der Waals surface area contributed by atoms with E-state index < -0.39 is 0 Å². The molecule has 0 atom stereocenters. The second-order valence-electron chi connectivity index (χ2n) is 5.37. The van der Waals surface area contributed by atoms with Crippen LogP contribution in [0, 0.1) is 0 Å². The Hall–Kier alpha value is -1.85. The van der Waals surface area contributed by atoms with E-state index >= 15 is 0 Å². The van der Waals surface area contributed by atoms with Crippen molar-refractivity contribution >= 4 is 17.5 Å². The predicted octanol–water partition coefficient (Wildman–Crippen LogP) is 2.51. The van der Waals surface area contributed by atoms with Crippen LogP contribution in [0.5, 0.6) is 0 Å². The number of piperazine rings is 1. The molecule has 1 aliphatic heterocycles. The Morgan fingerprint density at radius 2 is 2.00 bits per heavy atom. The van der Waals surface area contributed by atoms with Crippen LogP contribution in [0.25, 0.3) is 11.3 Å². The number of amides is 1.